The van der Waals surface area contributed by atoms with Gasteiger partial charge < -0.3 is 4.74 Å². The number of carbonyl (C=O) groups excluding carboxylic acids is 1. The molecular weight excluding hydrogens is 250 g/mol. The number of benzene rings is 1. The van der Waals surface area contributed by atoms with Crippen LogP contribution in [0.1, 0.15) is 45.6 Å². The van der Waals surface area contributed by atoms with Crippen molar-refractivity contribution < 1.29 is 9.53 Å². The van der Waals surface area contributed by atoms with Crippen LogP contribution >= 0.6 is 0 Å². The molecule has 1 atom stereocenters. The molecule has 1 fully saturated rings. The van der Waals surface area contributed by atoms with E-state index in [0.29, 0.717) is 12.6 Å². The Hall–Kier alpha value is -1.35. The van der Waals surface area contributed by atoms with Crippen molar-refractivity contribution in [2.75, 3.05) is 6.54 Å². The van der Waals surface area contributed by atoms with Crippen molar-refractivity contribution in [1.82, 2.24) is 4.90 Å². The van der Waals surface area contributed by atoms with Gasteiger partial charge in [-0.15, -0.1) is 0 Å². The van der Waals surface area contributed by atoms with Crippen LogP contribution < -0.4 is 0 Å². The molecule has 0 saturated carbocycles. The van der Waals surface area contributed by atoms with Crippen molar-refractivity contribution in [2.45, 2.75) is 58.2 Å². The van der Waals surface area contributed by atoms with Gasteiger partial charge in [0, 0.05) is 6.04 Å². The van der Waals surface area contributed by atoms with E-state index in [-0.39, 0.29) is 5.97 Å². The first-order valence-electron chi connectivity index (χ1n) is 7.49. The largest absolute Gasteiger partial charge is 0.459 e. The molecule has 0 aromatic heterocycles. The molecule has 0 aliphatic carbocycles. The first-order chi connectivity index (χ1) is 9.51. The minimum Gasteiger partial charge on any atom is -0.459 e. The summed E-state index contributed by atoms with van der Waals surface area (Å²) in [4.78, 5) is 14.7. The molecule has 20 heavy (non-hydrogen) atoms. The predicted molar refractivity (Wildman–Crippen MR) is 80.3 cm³/mol. The van der Waals surface area contributed by atoms with Gasteiger partial charge in [0.15, 0.2) is 0 Å². The molecule has 1 heterocycles. The topological polar surface area (TPSA) is 29.5 Å². The summed E-state index contributed by atoms with van der Waals surface area (Å²) in [6, 6.07) is 10.3. The third kappa shape index (κ3) is 3.40. The highest BCUT2D eigenvalue weighted by Gasteiger charge is 2.39. The van der Waals surface area contributed by atoms with Gasteiger partial charge in [-0.25, -0.2) is 0 Å². The van der Waals surface area contributed by atoms with Crippen LogP contribution in [-0.2, 0) is 16.1 Å². The van der Waals surface area contributed by atoms with Gasteiger partial charge in [0.25, 0.3) is 0 Å². The molecule has 1 aromatic carbocycles. The van der Waals surface area contributed by atoms with E-state index in [1.165, 1.54) is 12.8 Å². The summed E-state index contributed by atoms with van der Waals surface area (Å²) in [5.41, 5.74) is 0.484. The highest BCUT2D eigenvalue weighted by molar-refractivity contribution is 5.79. The Kier molecular flexibility index (Phi) is 4.81. The molecule has 110 valence electrons. The van der Waals surface area contributed by atoms with E-state index in [1.807, 2.05) is 44.2 Å². The Morgan fingerprint density at radius 1 is 1.30 bits per heavy atom. The highest BCUT2D eigenvalue weighted by atomic mass is 16.5. The average molecular weight is 275 g/mol. The van der Waals surface area contributed by atoms with E-state index in [0.717, 1.165) is 18.5 Å². The molecule has 1 saturated heterocycles. The van der Waals surface area contributed by atoms with Gasteiger partial charge in [0.05, 0.1) is 0 Å². The summed E-state index contributed by atoms with van der Waals surface area (Å²) in [6.07, 6.45) is 3.59. The minimum absolute atomic E-state index is 0.130. The molecule has 1 unspecified atom stereocenters. The fourth-order valence-corrected chi connectivity index (χ4v) is 2.95. The van der Waals surface area contributed by atoms with E-state index < -0.39 is 5.54 Å². The van der Waals surface area contributed by atoms with Crippen LogP contribution in [0, 0.1) is 0 Å². The Bertz CT molecular complexity index is 442. The predicted octanol–water partition coefficient (Wildman–Crippen LogP) is 3.38. The number of hydrogen-bond acceptors (Lipinski definition) is 3. The molecule has 1 aliphatic heterocycles. The molecule has 0 amide bonds. The molecule has 3 nitrogen and oxygen atoms in total. The van der Waals surface area contributed by atoms with Crippen molar-refractivity contribution >= 4 is 5.97 Å². The van der Waals surface area contributed by atoms with Crippen LogP contribution in [0.5, 0.6) is 0 Å². The van der Waals surface area contributed by atoms with Crippen LogP contribution in [0.15, 0.2) is 30.3 Å². The second-order valence-electron chi connectivity index (χ2n) is 6.16. The van der Waals surface area contributed by atoms with Gasteiger partial charge >= 0.3 is 5.97 Å². The first-order valence-corrected chi connectivity index (χ1v) is 7.49. The Labute approximate surface area is 121 Å². The van der Waals surface area contributed by atoms with Crippen LogP contribution in [0.4, 0.5) is 0 Å². The van der Waals surface area contributed by atoms with Crippen LogP contribution in [0.25, 0.3) is 0 Å². The molecular formula is C17H25NO2. The lowest BCUT2D eigenvalue weighted by atomic mass is 9.94. The standard InChI is InChI=1S/C17H25NO2/c1-14-9-7-8-12-18(14)17(2,3)16(19)20-13-15-10-5-4-6-11-15/h4-6,10-11,14H,7-9,12-13H2,1-3H3. The number of carbonyl (C=O) groups is 1. The molecule has 0 bridgehead atoms. The quantitative estimate of drug-likeness (QED) is 0.789. The zero-order valence-corrected chi connectivity index (χ0v) is 12.8. The molecule has 1 aromatic rings. The lowest BCUT2D eigenvalue weighted by Gasteiger charge is -2.43. The maximum Gasteiger partial charge on any atom is 0.326 e. The van der Waals surface area contributed by atoms with Gasteiger partial charge in [-0.3, -0.25) is 9.69 Å². The summed E-state index contributed by atoms with van der Waals surface area (Å²) in [7, 11) is 0. The Balaban J connectivity index is 1.96. The molecule has 2 rings (SSSR count). The number of ether oxygens (including phenoxy) is 1. The maximum atomic E-state index is 12.4. The van der Waals surface area contributed by atoms with Gasteiger partial charge in [-0.2, -0.15) is 0 Å². The lowest BCUT2D eigenvalue weighted by molar-refractivity contribution is -0.160. The number of esters is 1. The first kappa shape index (κ1) is 15.0. The molecule has 3 heteroatoms. The lowest BCUT2D eigenvalue weighted by Crippen LogP contribution is -2.56. The van der Waals surface area contributed by atoms with Crippen LogP contribution in [0.3, 0.4) is 0 Å². The average Bonchev–Trinajstić information content (AvgIpc) is 2.46. The minimum atomic E-state index is -0.547. The van der Waals surface area contributed by atoms with Crippen LogP contribution in [-0.4, -0.2) is 29.0 Å². The monoisotopic (exact) mass is 275 g/mol. The molecule has 0 radical (unpaired) electrons. The van der Waals surface area contributed by atoms with Crippen LogP contribution in [0.2, 0.25) is 0 Å². The van der Waals surface area contributed by atoms with Gasteiger partial charge in [-0.1, -0.05) is 36.8 Å². The van der Waals surface area contributed by atoms with Gasteiger partial charge in [-0.05, 0) is 45.7 Å². The van der Waals surface area contributed by atoms with Gasteiger partial charge in [0.1, 0.15) is 12.1 Å². The van der Waals surface area contributed by atoms with E-state index in [4.69, 9.17) is 4.74 Å². The van der Waals surface area contributed by atoms with Crippen molar-refractivity contribution in [3.05, 3.63) is 35.9 Å². The Morgan fingerprint density at radius 3 is 2.65 bits per heavy atom. The fourth-order valence-electron chi connectivity index (χ4n) is 2.95. The van der Waals surface area contributed by atoms with E-state index in [1.54, 1.807) is 0 Å². The summed E-state index contributed by atoms with van der Waals surface area (Å²) < 4.78 is 5.51. The van der Waals surface area contributed by atoms with Crippen molar-refractivity contribution in [3.8, 4) is 0 Å². The maximum absolute atomic E-state index is 12.4. The molecule has 0 spiro atoms. The van der Waals surface area contributed by atoms with E-state index in [9.17, 15) is 4.79 Å². The van der Waals surface area contributed by atoms with E-state index in [2.05, 4.69) is 11.8 Å². The summed E-state index contributed by atoms with van der Waals surface area (Å²) in [5.74, 6) is -0.130. The third-order valence-electron chi connectivity index (χ3n) is 4.23. The highest BCUT2D eigenvalue weighted by Crippen LogP contribution is 2.27. The zero-order valence-electron chi connectivity index (χ0n) is 12.8. The normalized spacial score (nSPS) is 20.6. The fraction of sp³-hybridized carbons (Fsp3) is 0.588. The summed E-state index contributed by atoms with van der Waals surface area (Å²) >= 11 is 0. The SMILES string of the molecule is CC1CCCCN1C(C)(C)C(=O)OCc1ccccc1. The summed E-state index contributed by atoms with van der Waals surface area (Å²) in [6.45, 7) is 7.48. The van der Waals surface area contributed by atoms with E-state index >= 15 is 0 Å². The van der Waals surface area contributed by atoms with Crippen molar-refractivity contribution in [1.29, 1.82) is 0 Å². The smallest absolute Gasteiger partial charge is 0.326 e. The number of hydrogen-bond donors (Lipinski definition) is 0. The Morgan fingerprint density at radius 2 is 2.00 bits per heavy atom. The number of nitrogens with zero attached hydrogens (tertiary/aromatic N) is 1. The third-order valence-corrected chi connectivity index (χ3v) is 4.23. The number of rotatable bonds is 4. The second-order valence-corrected chi connectivity index (χ2v) is 6.16. The molecule has 1 aliphatic rings. The van der Waals surface area contributed by atoms with Gasteiger partial charge in [0.2, 0.25) is 0 Å². The number of likely N-dealkylation sites (tertiary alicyclic amines) is 1. The summed E-state index contributed by atoms with van der Waals surface area (Å²) in [5, 5.41) is 0. The van der Waals surface area contributed by atoms with Crippen molar-refractivity contribution in [2.24, 2.45) is 0 Å². The zero-order chi connectivity index (χ0) is 14.6. The van der Waals surface area contributed by atoms with Crippen molar-refractivity contribution in [3.63, 3.8) is 0 Å². The second kappa shape index (κ2) is 6.40. The number of piperidine rings is 1. The molecule has 0 N–H and O–H groups in total.